The number of aliphatic hydroxyl groups excluding tert-OH is 1. The van der Waals surface area contributed by atoms with Crippen molar-refractivity contribution in [2.75, 3.05) is 26.2 Å². The summed E-state index contributed by atoms with van der Waals surface area (Å²) in [5.74, 6) is 1.85. The maximum absolute atomic E-state index is 8.66. The minimum atomic E-state index is 0.193. The molecule has 0 aliphatic heterocycles. The van der Waals surface area contributed by atoms with Crippen molar-refractivity contribution in [2.24, 2.45) is 0 Å². The molecule has 3 N–H and O–H groups in total. The van der Waals surface area contributed by atoms with E-state index >= 15 is 0 Å². The van der Waals surface area contributed by atoms with Gasteiger partial charge in [0.1, 0.15) is 11.5 Å². The van der Waals surface area contributed by atoms with E-state index in [1.807, 2.05) is 18.2 Å². The van der Waals surface area contributed by atoms with Gasteiger partial charge >= 0.3 is 0 Å². The molecule has 0 spiro atoms. The lowest BCUT2D eigenvalue weighted by atomic mass is 10.1. The minimum absolute atomic E-state index is 0.193. The molecule has 0 aliphatic carbocycles. The van der Waals surface area contributed by atoms with E-state index < -0.39 is 0 Å². The molecular weight excluding hydrogens is 344 g/mol. The van der Waals surface area contributed by atoms with Gasteiger partial charge in [0.15, 0.2) is 0 Å². The average molecular weight is 367 g/mol. The second-order valence-electron chi connectivity index (χ2n) is 5.23. The fraction of sp³-hybridized carbons (Fsp3) is 0.412. The first-order valence-corrected chi connectivity index (χ1v) is 8.37. The van der Waals surface area contributed by atoms with Gasteiger partial charge < -0.3 is 20.2 Å². The molecule has 0 saturated carbocycles. The summed E-state index contributed by atoms with van der Waals surface area (Å²) >= 11 is 3.48. The Kier molecular flexibility index (Phi) is 7.12. The fourth-order valence-electron chi connectivity index (χ4n) is 2.28. The third-order valence-electron chi connectivity index (χ3n) is 3.41. The van der Waals surface area contributed by atoms with E-state index in [-0.39, 0.29) is 6.61 Å². The monoisotopic (exact) mass is 366 g/mol. The quantitative estimate of drug-likeness (QED) is 0.597. The van der Waals surface area contributed by atoms with Crippen molar-refractivity contribution in [3.05, 3.63) is 46.1 Å². The van der Waals surface area contributed by atoms with Crippen molar-refractivity contribution < 1.29 is 9.52 Å². The Morgan fingerprint density at radius 1 is 1.09 bits per heavy atom. The average Bonchev–Trinajstić information content (AvgIpc) is 2.95. The van der Waals surface area contributed by atoms with Crippen molar-refractivity contribution in [3.8, 4) is 11.3 Å². The highest BCUT2D eigenvalue weighted by molar-refractivity contribution is 9.10. The predicted octanol–water partition coefficient (Wildman–Crippen LogP) is 3.08. The standard InChI is InChI=1S/C17H23BrN2O2/c1-13-11-14(18)3-5-16(13)17-6-4-15(22-17)12-20-8-2-7-19-9-10-21/h3-6,11,19-21H,2,7-10,12H2,1H3. The minimum Gasteiger partial charge on any atom is -0.460 e. The highest BCUT2D eigenvalue weighted by atomic mass is 79.9. The molecular formula is C17H23BrN2O2. The van der Waals surface area contributed by atoms with Gasteiger partial charge in [0, 0.05) is 16.6 Å². The van der Waals surface area contributed by atoms with Gasteiger partial charge in [-0.15, -0.1) is 0 Å². The molecule has 4 nitrogen and oxygen atoms in total. The van der Waals surface area contributed by atoms with E-state index in [4.69, 9.17) is 9.52 Å². The first-order valence-electron chi connectivity index (χ1n) is 7.58. The zero-order valence-electron chi connectivity index (χ0n) is 12.9. The summed E-state index contributed by atoms with van der Waals surface area (Å²) in [5, 5.41) is 15.2. The molecule has 0 radical (unpaired) electrons. The SMILES string of the molecule is Cc1cc(Br)ccc1-c1ccc(CNCCCNCCO)o1. The summed E-state index contributed by atoms with van der Waals surface area (Å²) in [7, 11) is 0. The van der Waals surface area contributed by atoms with Crippen molar-refractivity contribution in [2.45, 2.75) is 19.9 Å². The molecule has 22 heavy (non-hydrogen) atoms. The third-order valence-corrected chi connectivity index (χ3v) is 3.90. The summed E-state index contributed by atoms with van der Waals surface area (Å²) in [6, 6.07) is 10.2. The number of hydrogen-bond donors (Lipinski definition) is 3. The highest BCUT2D eigenvalue weighted by Crippen LogP contribution is 2.27. The number of hydrogen-bond acceptors (Lipinski definition) is 4. The predicted molar refractivity (Wildman–Crippen MR) is 92.9 cm³/mol. The Morgan fingerprint density at radius 3 is 2.68 bits per heavy atom. The van der Waals surface area contributed by atoms with E-state index in [0.29, 0.717) is 6.54 Å². The number of aryl methyl sites for hydroxylation is 1. The molecule has 0 fully saturated rings. The van der Waals surface area contributed by atoms with Crippen molar-refractivity contribution in [3.63, 3.8) is 0 Å². The molecule has 120 valence electrons. The van der Waals surface area contributed by atoms with Crippen LogP contribution in [0.1, 0.15) is 17.7 Å². The van der Waals surface area contributed by atoms with Crippen LogP contribution in [0.15, 0.2) is 39.2 Å². The van der Waals surface area contributed by atoms with Crippen LogP contribution >= 0.6 is 15.9 Å². The van der Waals surface area contributed by atoms with E-state index in [2.05, 4.69) is 45.6 Å². The molecule has 1 aromatic heterocycles. The first-order chi connectivity index (χ1) is 10.7. The lowest BCUT2D eigenvalue weighted by Gasteiger charge is -2.05. The molecule has 1 heterocycles. The van der Waals surface area contributed by atoms with Crippen LogP contribution in [0.2, 0.25) is 0 Å². The smallest absolute Gasteiger partial charge is 0.134 e. The first kappa shape index (κ1) is 17.2. The number of halogens is 1. The summed E-state index contributed by atoms with van der Waals surface area (Å²) in [6.07, 6.45) is 1.03. The Balaban J connectivity index is 1.79. The molecule has 0 aliphatic rings. The molecule has 5 heteroatoms. The van der Waals surface area contributed by atoms with Crippen molar-refractivity contribution in [1.82, 2.24) is 10.6 Å². The second kappa shape index (κ2) is 9.10. The normalized spacial score (nSPS) is 11.0. The van der Waals surface area contributed by atoms with Gasteiger partial charge in [0.2, 0.25) is 0 Å². The van der Waals surface area contributed by atoms with Gasteiger partial charge in [-0.3, -0.25) is 0 Å². The van der Waals surface area contributed by atoms with Gasteiger partial charge in [-0.05, 0) is 62.3 Å². The summed E-state index contributed by atoms with van der Waals surface area (Å²) < 4.78 is 6.99. The molecule has 0 unspecified atom stereocenters. The van der Waals surface area contributed by atoms with Crippen LogP contribution in [0.5, 0.6) is 0 Å². The van der Waals surface area contributed by atoms with Crippen molar-refractivity contribution in [1.29, 1.82) is 0 Å². The van der Waals surface area contributed by atoms with Gasteiger partial charge in [-0.25, -0.2) is 0 Å². The lowest BCUT2D eigenvalue weighted by molar-refractivity contribution is 0.292. The molecule has 2 aromatic rings. The van der Waals surface area contributed by atoms with Crippen LogP contribution in [-0.2, 0) is 6.54 Å². The maximum Gasteiger partial charge on any atom is 0.134 e. The van der Waals surface area contributed by atoms with Gasteiger partial charge in [-0.2, -0.15) is 0 Å². The van der Waals surface area contributed by atoms with Crippen LogP contribution in [0.25, 0.3) is 11.3 Å². The lowest BCUT2D eigenvalue weighted by Crippen LogP contribution is -2.23. The Bertz CT molecular complexity index is 584. The van der Waals surface area contributed by atoms with Crippen LogP contribution in [0.4, 0.5) is 0 Å². The molecule has 1 aromatic carbocycles. The van der Waals surface area contributed by atoms with Gasteiger partial charge in [-0.1, -0.05) is 15.9 Å². The van der Waals surface area contributed by atoms with E-state index in [1.54, 1.807) is 0 Å². The van der Waals surface area contributed by atoms with Crippen LogP contribution in [0, 0.1) is 6.92 Å². The largest absolute Gasteiger partial charge is 0.460 e. The van der Waals surface area contributed by atoms with E-state index in [0.717, 1.165) is 47.6 Å². The third kappa shape index (κ3) is 5.25. The van der Waals surface area contributed by atoms with Gasteiger partial charge in [0.05, 0.1) is 13.2 Å². The van der Waals surface area contributed by atoms with Gasteiger partial charge in [0.25, 0.3) is 0 Å². The summed E-state index contributed by atoms with van der Waals surface area (Å²) in [5.41, 5.74) is 2.32. The fourth-order valence-corrected chi connectivity index (χ4v) is 2.75. The van der Waals surface area contributed by atoms with Crippen molar-refractivity contribution >= 4 is 15.9 Å². The number of rotatable bonds is 9. The zero-order chi connectivity index (χ0) is 15.8. The molecule has 0 saturated heterocycles. The van der Waals surface area contributed by atoms with E-state index in [9.17, 15) is 0 Å². The summed E-state index contributed by atoms with van der Waals surface area (Å²) in [6.45, 7) is 5.50. The number of benzene rings is 1. The van der Waals surface area contributed by atoms with Crippen LogP contribution < -0.4 is 10.6 Å². The Hall–Kier alpha value is -1.14. The molecule has 0 bridgehead atoms. The number of aliphatic hydroxyl groups is 1. The number of nitrogens with one attached hydrogen (secondary N) is 2. The molecule has 0 amide bonds. The Morgan fingerprint density at radius 2 is 1.91 bits per heavy atom. The Labute approximate surface area is 140 Å². The molecule has 2 rings (SSSR count). The second-order valence-corrected chi connectivity index (χ2v) is 6.14. The summed E-state index contributed by atoms with van der Waals surface area (Å²) in [4.78, 5) is 0. The van der Waals surface area contributed by atoms with E-state index in [1.165, 1.54) is 5.56 Å². The maximum atomic E-state index is 8.66. The number of furan rings is 1. The molecule has 0 atom stereocenters. The topological polar surface area (TPSA) is 57.4 Å². The van der Waals surface area contributed by atoms with Crippen LogP contribution in [-0.4, -0.2) is 31.3 Å². The zero-order valence-corrected chi connectivity index (χ0v) is 14.4. The highest BCUT2D eigenvalue weighted by Gasteiger charge is 2.07. The van der Waals surface area contributed by atoms with Crippen LogP contribution in [0.3, 0.4) is 0 Å².